The summed E-state index contributed by atoms with van der Waals surface area (Å²) in [6.45, 7) is 1.31. The van der Waals surface area contributed by atoms with Crippen LogP contribution in [-0.4, -0.2) is 39.9 Å². The van der Waals surface area contributed by atoms with Gasteiger partial charge >= 0.3 is 0 Å². The van der Waals surface area contributed by atoms with Crippen LogP contribution >= 0.6 is 23.2 Å². The number of aliphatic hydroxyl groups excluding tert-OH is 2. The average Bonchev–Trinajstić information content (AvgIpc) is 2.73. The van der Waals surface area contributed by atoms with Crippen molar-refractivity contribution in [2.24, 2.45) is 0 Å². The van der Waals surface area contributed by atoms with E-state index in [0.29, 0.717) is 36.1 Å². The van der Waals surface area contributed by atoms with Gasteiger partial charge in [0.05, 0.1) is 12.2 Å². The van der Waals surface area contributed by atoms with Gasteiger partial charge in [-0.1, -0.05) is 59.6 Å². The van der Waals surface area contributed by atoms with E-state index >= 15 is 0 Å². The van der Waals surface area contributed by atoms with Gasteiger partial charge in [-0.3, -0.25) is 4.90 Å². The van der Waals surface area contributed by atoms with Crippen molar-refractivity contribution in [2.45, 2.75) is 18.6 Å². The van der Waals surface area contributed by atoms with Crippen molar-refractivity contribution in [1.82, 2.24) is 4.90 Å². The summed E-state index contributed by atoms with van der Waals surface area (Å²) in [6, 6.07) is 21.4. The number of hydrogen-bond donors (Lipinski definition) is 3. The first-order valence-electron chi connectivity index (χ1n) is 9.78. The highest BCUT2D eigenvalue weighted by Crippen LogP contribution is 2.22. The predicted molar refractivity (Wildman–Crippen MR) is 121 cm³/mol. The molecule has 0 fully saturated rings. The molecule has 3 N–H and O–H groups in total. The Hall–Kier alpha value is -2.08. The van der Waals surface area contributed by atoms with Crippen LogP contribution in [0.3, 0.4) is 0 Å². The third kappa shape index (κ3) is 6.73. The molecule has 30 heavy (non-hydrogen) atoms. The van der Waals surface area contributed by atoms with Crippen LogP contribution in [0.5, 0.6) is 5.75 Å². The summed E-state index contributed by atoms with van der Waals surface area (Å²) >= 11 is 12.1. The zero-order valence-corrected chi connectivity index (χ0v) is 18.0. The molecule has 0 aromatic heterocycles. The standard InChI is InChI=1S/C24H25Cl2NO3/c25-20-5-1-3-18(13-20)23(29)15-27(12-11-17-7-9-22(28)10-8-17)16-24(30)19-4-2-6-21(26)14-19/h1-10,13-14,23-24,28-30H,11-12,15-16H2. The quantitative estimate of drug-likeness (QED) is 0.433. The van der Waals surface area contributed by atoms with Gasteiger partial charge < -0.3 is 15.3 Å². The molecule has 0 aliphatic heterocycles. The molecule has 0 spiro atoms. The minimum atomic E-state index is -0.741. The van der Waals surface area contributed by atoms with E-state index in [1.54, 1.807) is 36.4 Å². The third-order valence-electron chi connectivity index (χ3n) is 4.98. The number of nitrogens with zero attached hydrogens (tertiary/aromatic N) is 1. The molecule has 158 valence electrons. The van der Waals surface area contributed by atoms with Crippen LogP contribution < -0.4 is 0 Å². The third-order valence-corrected chi connectivity index (χ3v) is 5.45. The molecular weight excluding hydrogens is 421 g/mol. The van der Waals surface area contributed by atoms with E-state index in [2.05, 4.69) is 0 Å². The van der Waals surface area contributed by atoms with Gasteiger partial charge in [0.1, 0.15) is 5.75 Å². The number of benzene rings is 3. The fourth-order valence-electron chi connectivity index (χ4n) is 3.33. The van der Waals surface area contributed by atoms with Gasteiger partial charge in [-0.25, -0.2) is 0 Å². The van der Waals surface area contributed by atoms with E-state index in [-0.39, 0.29) is 5.75 Å². The van der Waals surface area contributed by atoms with E-state index in [9.17, 15) is 15.3 Å². The van der Waals surface area contributed by atoms with Crippen molar-refractivity contribution < 1.29 is 15.3 Å². The maximum absolute atomic E-state index is 10.7. The highest BCUT2D eigenvalue weighted by atomic mass is 35.5. The number of rotatable bonds is 9. The van der Waals surface area contributed by atoms with Crippen LogP contribution in [0.25, 0.3) is 0 Å². The topological polar surface area (TPSA) is 63.9 Å². The summed E-state index contributed by atoms with van der Waals surface area (Å²) in [5, 5.41) is 32.1. The van der Waals surface area contributed by atoms with Crippen LogP contribution in [0.2, 0.25) is 10.0 Å². The maximum atomic E-state index is 10.7. The Balaban J connectivity index is 1.72. The Morgan fingerprint density at radius 1 is 0.733 bits per heavy atom. The molecule has 4 nitrogen and oxygen atoms in total. The Kier molecular flexibility index (Phi) is 8.14. The molecule has 2 unspecified atom stereocenters. The largest absolute Gasteiger partial charge is 0.508 e. The summed E-state index contributed by atoms with van der Waals surface area (Å²) in [5.41, 5.74) is 2.52. The highest BCUT2D eigenvalue weighted by Gasteiger charge is 2.18. The van der Waals surface area contributed by atoms with E-state index in [0.717, 1.165) is 16.7 Å². The van der Waals surface area contributed by atoms with E-state index < -0.39 is 12.2 Å². The minimum absolute atomic E-state index is 0.225. The second-order valence-corrected chi connectivity index (χ2v) is 8.19. The van der Waals surface area contributed by atoms with Crippen LogP contribution in [0.15, 0.2) is 72.8 Å². The van der Waals surface area contributed by atoms with Crippen LogP contribution in [0, 0.1) is 0 Å². The van der Waals surface area contributed by atoms with Crippen molar-refractivity contribution in [3.05, 3.63) is 99.5 Å². The molecule has 0 saturated carbocycles. The molecule has 0 saturated heterocycles. The highest BCUT2D eigenvalue weighted by molar-refractivity contribution is 6.30. The molecule has 0 aliphatic carbocycles. The smallest absolute Gasteiger partial charge is 0.115 e. The molecule has 2 atom stereocenters. The van der Waals surface area contributed by atoms with Gasteiger partial charge in [-0.2, -0.15) is 0 Å². The van der Waals surface area contributed by atoms with Gasteiger partial charge in [0.25, 0.3) is 0 Å². The fraction of sp³-hybridized carbons (Fsp3) is 0.250. The molecule has 0 radical (unpaired) electrons. The number of phenols is 1. The number of aliphatic hydroxyl groups is 2. The van der Waals surface area contributed by atoms with Crippen LogP contribution in [-0.2, 0) is 6.42 Å². The Morgan fingerprint density at radius 2 is 1.23 bits per heavy atom. The van der Waals surface area contributed by atoms with Crippen molar-refractivity contribution in [3.63, 3.8) is 0 Å². The monoisotopic (exact) mass is 445 g/mol. The van der Waals surface area contributed by atoms with Crippen LogP contribution in [0.1, 0.15) is 28.9 Å². The molecule has 0 bridgehead atoms. The second kappa shape index (κ2) is 10.8. The number of hydrogen-bond acceptors (Lipinski definition) is 4. The zero-order chi connectivity index (χ0) is 21.5. The zero-order valence-electron chi connectivity index (χ0n) is 16.5. The van der Waals surface area contributed by atoms with E-state index in [1.807, 2.05) is 41.3 Å². The first-order chi connectivity index (χ1) is 14.4. The lowest BCUT2D eigenvalue weighted by atomic mass is 10.1. The Bertz CT molecular complexity index is 896. The van der Waals surface area contributed by atoms with Gasteiger partial charge in [-0.05, 0) is 59.5 Å². The summed E-state index contributed by atoms with van der Waals surface area (Å²) < 4.78 is 0. The summed E-state index contributed by atoms with van der Waals surface area (Å²) in [6.07, 6.45) is -0.768. The lowest BCUT2D eigenvalue weighted by Gasteiger charge is -2.28. The van der Waals surface area contributed by atoms with E-state index in [1.165, 1.54) is 0 Å². The van der Waals surface area contributed by atoms with Crippen molar-refractivity contribution in [1.29, 1.82) is 0 Å². The van der Waals surface area contributed by atoms with Gasteiger partial charge in [0.2, 0.25) is 0 Å². The molecule has 3 aromatic rings. The molecule has 0 aliphatic rings. The first kappa shape index (κ1) is 22.6. The van der Waals surface area contributed by atoms with Crippen molar-refractivity contribution in [2.75, 3.05) is 19.6 Å². The normalized spacial score (nSPS) is 13.4. The van der Waals surface area contributed by atoms with Crippen molar-refractivity contribution >= 4 is 23.2 Å². The fourth-order valence-corrected chi connectivity index (χ4v) is 3.73. The maximum Gasteiger partial charge on any atom is 0.115 e. The first-order valence-corrected chi connectivity index (χ1v) is 10.5. The molecular formula is C24H25Cl2NO3. The number of halogens is 2. The lowest BCUT2D eigenvalue weighted by molar-refractivity contribution is 0.0694. The molecule has 0 heterocycles. The Labute approximate surface area is 186 Å². The molecule has 3 rings (SSSR count). The lowest BCUT2D eigenvalue weighted by Crippen LogP contribution is -2.34. The van der Waals surface area contributed by atoms with Crippen molar-refractivity contribution in [3.8, 4) is 5.75 Å². The summed E-state index contributed by atoms with van der Waals surface area (Å²) in [4.78, 5) is 2.02. The average molecular weight is 446 g/mol. The van der Waals surface area contributed by atoms with Gasteiger partial charge in [-0.15, -0.1) is 0 Å². The summed E-state index contributed by atoms with van der Waals surface area (Å²) in [7, 11) is 0. The predicted octanol–water partition coefficient (Wildman–Crippen LogP) is 5.01. The number of aromatic hydroxyl groups is 1. The van der Waals surface area contributed by atoms with Gasteiger partial charge in [0, 0.05) is 29.7 Å². The molecule has 3 aromatic carbocycles. The second-order valence-electron chi connectivity index (χ2n) is 7.32. The van der Waals surface area contributed by atoms with Gasteiger partial charge in [0.15, 0.2) is 0 Å². The summed E-state index contributed by atoms with van der Waals surface area (Å²) in [5.74, 6) is 0.225. The minimum Gasteiger partial charge on any atom is -0.508 e. The van der Waals surface area contributed by atoms with E-state index in [4.69, 9.17) is 23.2 Å². The SMILES string of the molecule is Oc1ccc(CCN(CC(O)c2cccc(Cl)c2)CC(O)c2cccc(Cl)c2)cc1. The molecule has 0 amide bonds. The molecule has 6 heteroatoms. The van der Waals surface area contributed by atoms with Crippen LogP contribution in [0.4, 0.5) is 0 Å². The number of phenolic OH excluding ortho intramolecular Hbond substituents is 1. The Morgan fingerprint density at radius 3 is 1.70 bits per heavy atom.